The van der Waals surface area contributed by atoms with Crippen LogP contribution in [0.4, 0.5) is 0 Å². The van der Waals surface area contributed by atoms with Crippen molar-refractivity contribution in [3.05, 3.63) is 41.5 Å². The molecule has 0 aromatic heterocycles. The van der Waals surface area contributed by atoms with Gasteiger partial charge in [0.15, 0.2) is 0 Å². The molecule has 0 fully saturated rings. The van der Waals surface area contributed by atoms with E-state index < -0.39 is 0 Å². The molecule has 1 N–H and O–H groups in total. The first-order valence-corrected chi connectivity index (χ1v) is 5.20. The van der Waals surface area contributed by atoms with Crippen LogP contribution in [0, 0.1) is 6.92 Å². The van der Waals surface area contributed by atoms with Crippen LogP contribution in [0.2, 0.25) is 0 Å². The standard InChI is InChI=1S/C13H19N/c1-4-8-14-10-13-7-6-11(3)9-12(13)5-2/h5-7,9,14H,2,4,8,10H2,1,3H3. The maximum absolute atomic E-state index is 3.83. The minimum absolute atomic E-state index is 0.940. The summed E-state index contributed by atoms with van der Waals surface area (Å²) >= 11 is 0. The first kappa shape index (κ1) is 11.0. The van der Waals surface area contributed by atoms with Gasteiger partial charge in [-0.25, -0.2) is 0 Å². The normalized spacial score (nSPS) is 10.1. The predicted molar refractivity (Wildman–Crippen MR) is 63.3 cm³/mol. The van der Waals surface area contributed by atoms with Crippen LogP contribution in [0.25, 0.3) is 6.08 Å². The smallest absolute Gasteiger partial charge is 0.0211 e. The van der Waals surface area contributed by atoms with Gasteiger partial charge in [-0.15, -0.1) is 0 Å². The second-order valence-electron chi connectivity index (χ2n) is 3.58. The van der Waals surface area contributed by atoms with Crippen LogP contribution in [0.15, 0.2) is 24.8 Å². The van der Waals surface area contributed by atoms with E-state index in [1.165, 1.54) is 23.1 Å². The third-order valence-electron chi connectivity index (χ3n) is 2.26. The van der Waals surface area contributed by atoms with Gasteiger partial charge in [0.05, 0.1) is 0 Å². The average molecular weight is 189 g/mol. The van der Waals surface area contributed by atoms with E-state index in [1.807, 2.05) is 6.08 Å². The van der Waals surface area contributed by atoms with Crippen LogP contribution in [0.1, 0.15) is 30.0 Å². The molecule has 0 amide bonds. The lowest BCUT2D eigenvalue weighted by Gasteiger charge is -2.08. The minimum atomic E-state index is 0.940. The first-order valence-electron chi connectivity index (χ1n) is 5.20. The van der Waals surface area contributed by atoms with Crippen LogP contribution in [-0.2, 0) is 6.54 Å². The third kappa shape index (κ3) is 3.00. The molecule has 0 spiro atoms. The van der Waals surface area contributed by atoms with Crippen molar-refractivity contribution < 1.29 is 0 Å². The number of rotatable bonds is 5. The summed E-state index contributed by atoms with van der Waals surface area (Å²) in [6.45, 7) is 10.1. The number of aryl methyl sites for hydroxylation is 1. The average Bonchev–Trinajstić information content (AvgIpc) is 2.20. The van der Waals surface area contributed by atoms with Gasteiger partial charge in [0.2, 0.25) is 0 Å². The fourth-order valence-electron chi connectivity index (χ4n) is 1.47. The van der Waals surface area contributed by atoms with Crippen molar-refractivity contribution in [3.63, 3.8) is 0 Å². The van der Waals surface area contributed by atoms with Crippen molar-refractivity contribution in [1.29, 1.82) is 0 Å². The Morgan fingerprint density at radius 2 is 2.21 bits per heavy atom. The predicted octanol–water partition coefficient (Wildman–Crippen LogP) is 3.14. The second-order valence-corrected chi connectivity index (χ2v) is 3.58. The summed E-state index contributed by atoms with van der Waals surface area (Å²) in [5, 5.41) is 3.40. The molecule has 1 aromatic rings. The van der Waals surface area contributed by atoms with Gasteiger partial charge in [0.1, 0.15) is 0 Å². The fraction of sp³-hybridized carbons (Fsp3) is 0.385. The second kappa shape index (κ2) is 5.61. The Bertz CT molecular complexity index is 302. The van der Waals surface area contributed by atoms with E-state index in [0.717, 1.165) is 13.1 Å². The monoisotopic (exact) mass is 189 g/mol. The third-order valence-corrected chi connectivity index (χ3v) is 2.26. The van der Waals surface area contributed by atoms with Gasteiger partial charge in [-0.2, -0.15) is 0 Å². The Morgan fingerprint density at radius 3 is 2.86 bits per heavy atom. The zero-order valence-corrected chi connectivity index (χ0v) is 9.14. The van der Waals surface area contributed by atoms with Crippen molar-refractivity contribution in [2.75, 3.05) is 6.54 Å². The van der Waals surface area contributed by atoms with Gasteiger partial charge in [-0.3, -0.25) is 0 Å². The molecule has 1 heteroatoms. The number of hydrogen-bond acceptors (Lipinski definition) is 1. The van der Waals surface area contributed by atoms with Crippen LogP contribution in [0.5, 0.6) is 0 Å². The zero-order valence-electron chi connectivity index (χ0n) is 9.14. The van der Waals surface area contributed by atoms with E-state index in [-0.39, 0.29) is 0 Å². The van der Waals surface area contributed by atoms with Crippen LogP contribution in [-0.4, -0.2) is 6.54 Å². The van der Waals surface area contributed by atoms with Crippen LogP contribution < -0.4 is 5.32 Å². The Hall–Kier alpha value is -1.08. The maximum Gasteiger partial charge on any atom is 0.0211 e. The molecule has 0 heterocycles. The molecule has 0 unspecified atom stereocenters. The minimum Gasteiger partial charge on any atom is -0.313 e. The highest BCUT2D eigenvalue weighted by atomic mass is 14.8. The van der Waals surface area contributed by atoms with Gasteiger partial charge < -0.3 is 5.32 Å². The molecule has 0 saturated carbocycles. The lowest BCUT2D eigenvalue weighted by atomic mass is 10.0. The van der Waals surface area contributed by atoms with Crippen molar-refractivity contribution in [2.45, 2.75) is 26.8 Å². The number of nitrogens with one attached hydrogen (secondary N) is 1. The molecule has 1 nitrogen and oxygen atoms in total. The van der Waals surface area contributed by atoms with Gasteiger partial charge in [-0.05, 0) is 31.0 Å². The van der Waals surface area contributed by atoms with Crippen molar-refractivity contribution in [3.8, 4) is 0 Å². The zero-order chi connectivity index (χ0) is 10.4. The van der Waals surface area contributed by atoms with Crippen LogP contribution in [0.3, 0.4) is 0 Å². The topological polar surface area (TPSA) is 12.0 Å². The highest BCUT2D eigenvalue weighted by molar-refractivity contribution is 5.53. The molecule has 76 valence electrons. The summed E-state index contributed by atoms with van der Waals surface area (Å²) in [4.78, 5) is 0. The summed E-state index contributed by atoms with van der Waals surface area (Å²) in [7, 11) is 0. The van der Waals surface area contributed by atoms with Crippen molar-refractivity contribution >= 4 is 6.08 Å². The Labute approximate surface area is 86.8 Å². The molecule has 0 atom stereocenters. The van der Waals surface area contributed by atoms with E-state index in [4.69, 9.17) is 0 Å². The molecular weight excluding hydrogens is 170 g/mol. The first-order chi connectivity index (χ1) is 6.77. The lowest BCUT2D eigenvalue weighted by Crippen LogP contribution is -2.14. The van der Waals surface area contributed by atoms with E-state index >= 15 is 0 Å². The lowest BCUT2D eigenvalue weighted by molar-refractivity contribution is 0.675. The van der Waals surface area contributed by atoms with Crippen molar-refractivity contribution in [2.24, 2.45) is 0 Å². The summed E-state index contributed by atoms with van der Waals surface area (Å²) in [5.74, 6) is 0. The van der Waals surface area contributed by atoms with Crippen LogP contribution >= 0.6 is 0 Å². The van der Waals surface area contributed by atoms with Gasteiger partial charge in [-0.1, -0.05) is 43.3 Å². The molecule has 1 rings (SSSR count). The van der Waals surface area contributed by atoms with E-state index in [1.54, 1.807) is 0 Å². The van der Waals surface area contributed by atoms with E-state index in [0.29, 0.717) is 0 Å². The molecule has 0 bridgehead atoms. The Morgan fingerprint density at radius 1 is 1.43 bits per heavy atom. The molecular formula is C13H19N. The van der Waals surface area contributed by atoms with Gasteiger partial charge >= 0.3 is 0 Å². The maximum atomic E-state index is 3.83. The Kier molecular flexibility index (Phi) is 4.41. The highest BCUT2D eigenvalue weighted by Crippen LogP contribution is 2.12. The molecule has 1 aromatic carbocycles. The number of benzene rings is 1. The van der Waals surface area contributed by atoms with Crippen molar-refractivity contribution in [1.82, 2.24) is 5.32 Å². The molecule has 0 saturated heterocycles. The van der Waals surface area contributed by atoms with E-state index in [2.05, 4.69) is 43.9 Å². The SMILES string of the molecule is C=Cc1cc(C)ccc1CNCCC. The summed E-state index contributed by atoms with van der Waals surface area (Å²) in [5.41, 5.74) is 3.87. The summed E-state index contributed by atoms with van der Waals surface area (Å²) < 4.78 is 0. The largest absolute Gasteiger partial charge is 0.313 e. The van der Waals surface area contributed by atoms with E-state index in [9.17, 15) is 0 Å². The fourth-order valence-corrected chi connectivity index (χ4v) is 1.47. The van der Waals surface area contributed by atoms with Gasteiger partial charge in [0, 0.05) is 6.54 Å². The molecule has 0 radical (unpaired) electrons. The molecule has 14 heavy (non-hydrogen) atoms. The quantitative estimate of drug-likeness (QED) is 0.702. The summed E-state index contributed by atoms with van der Waals surface area (Å²) in [6.07, 6.45) is 3.10. The Balaban J connectivity index is 2.70. The molecule has 0 aliphatic rings. The summed E-state index contributed by atoms with van der Waals surface area (Å²) in [6, 6.07) is 6.50. The molecule has 0 aliphatic carbocycles. The molecule has 0 aliphatic heterocycles. The number of hydrogen-bond donors (Lipinski definition) is 1. The highest BCUT2D eigenvalue weighted by Gasteiger charge is 1.98. The van der Waals surface area contributed by atoms with Gasteiger partial charge in [0.25, 0.3) is 0 Å².